The zero-order valence-corrected chi connectivity index (χ0v) is 15.1. The van der Waals surface area contributed by atoms with Gasteiger partial charge in [-0.05, 0) is 48.4 Å². The summed E-state index contributed by atoms with van der Waals surface area (Å²) >= 11 is 1.67. The topological polar surface area (TPSA) is 51.1 Å². The number of hydrogen-bond acceptors (Lipinski definition) is 6. The minimum Gasteiger partial charge on any atom is -0.372 e. The van der Waals surface area contributed by atoms with Crippen molar-refractivity contribution in [1.29, 1.82) is 0 Å². The molecular weight excluding hydrogens is 332 g/mol. The van der Waals surface area contributed by atoms with Gasteiger partial charge < -0.3 is 9.64 Å². The van der Waals surface area contributed by atoms with E-state index < -0.39 is 0 Å². The van der Waals surface area contributed by atoms with Crippen LogP contribution in [-0.4, -0.2) is 40.2 Å². The molecule has 0 radical (unpaired) electrons. The van der Waals surface area contributed by atoms with Gasteiger partial charge in [0.25, 0.3) is 0 Å². The lowest BCUT2D eigenvalue weighted by molar-refractivity contribution is -0.00571. The van der Waals surface area contributed by atoms with Gasteiger partial charge in [0.05, 0.1) is 17.9 Å². The van der Waals surface area contributed by atoms with Gasteiger partial charge >= 0.3 is 0 Å². The van der Waals surface area contributed by atoms with Crippen LogP contribution in [0.15, 0.2) is 47.5 Å². The average Bonchev–Trinajstić information content (AvgIpc) is 3.16. The maximum atomic E-state index is 5.83. The van der Waals surface area contributed by atoms with Gasteiger partial charge in [0, 0.05) is 42.8 Å². The lowest BCUT2D eigenvalue weighted by Crippen LogP contribution is -2.46. The molecule has 0 aliphatic carbocycles. The number of rotatable bonds is 3. The van der Waals surface area contributed by atoms with Crippen LogP contribution < -0.4 is 4.90 Å². The normalized spacial score (nSPS) is 20.6. The summed E-state index contributed by atoms with van der Waals surface area (Å²) in [6.45, 7) is 5.78. The Hall–Kier alpha value is -2.31. The highest BCUT2D eigenvalue weighted by Crippen LogP contribution is 2.32. The van der Waals surface area contributed by atoms with E-state index in [2.05, 4.69) is 45.5 Å². The van der Waals surface area contributed by atoms with E-state index in [9.17, 15) is 0 Å². The molecule has 0 spiro atoms. The van der Waals surface area contributed by atoms with E-state index in [1.807, 2.05) is 24.5 Å². The third-order valence-electron chi connectivity index (χ3n) is 4.25. The Morgan fingerprint density at radius 2 is 1.96 bits per heavy atom. The van der Waals surface area contributed by atoms with Crippen LogP contribution in [0.25, 0.3) is 22.4 Å². The lowest BCUT2D eigenvalue weighted by Gasteiger charge is -2.35. The Morgan fingerprint density at radius 1 is 1.12 bits per heavy atom. The van der Waals surface area contributed by atoms with Crippen molar-refractivity contribution in [2.24, 2.45) is 0 Å². The molecule has 25 heavy (non-hydrogen) atoms. The maximum absolute atomic E-state index is 5.83. The number of anilines is 1. The number of aromatic nitrogens is 3. The largest absolute Gasteiger partial charge is 0.372 e. The van der Waals surface area contributed by atoms with Gasteiger partial charge in [0.1, 0.15) is 0 Å². The highest BCUT2D eigenvalue weighted by atomic mass is 32.1. The maximum Gasteiger partial charge on any atom is 0.226 e. The van der Waals surface area contributed by atoms with E-state index in [0.717, 1.165) is 41.4 Å². The van der Waals surface area contributed by atoms with Crippen molar-refractivity contribution in [3.8, 4) is 22.4 Å². The number of ether oxygens (including phenoxy) is 1. The fourth-order valence-corrected chi connectivity index (χ4v) is 3.87. The predicted octanol–water partition coefficient (Wildman–Crippen LogP) is 3.88. The molecule has 0 bridgehead atoms. The number of morpholine rings is 1. The van der Waals surface area contributed by atoms with Crippen molar-refractivity contribution in [2.75, 3.05) is 18.0 Å². The summed E-state index contributed by atoms with van der Waals surface area (Å²) < 4.78 is 5.83. The van der Waals surface area contributed by atoms with Crippen molar-refractivity contribution in [1.82, 2.24) is 15.0 Å². The van der Waals surface area contributed by atoms with Gasteiger partial charge in [0.2, 0.25) is 5.95 Å². The zero-order valence-electron chi connectivity index (χ0n) is 14.3. The Balaban J connectivity index is 1.78. The molecule has 0 aromatic carbocycles. The Bertz CT molecular complexity index is 828. The second-order valence-electron chi connectivity index (χ2n) is 6.35. The smallest absolute Gasteiger partial charge is 0.226 e. The van der Waals surface area contributed by atoms with Crippen LogP contribution >= 0.6 is 11.3 Å². The third-order valence-corrected chi connectivity index (χ3v) is 4.93. The summed E-state index contributed by atoms with van der Waals surface area (Å²) in [6, 6.07) is 6.08. The predicted molar refractivity (Wildman–Crippen MR) is 101 cm³/mol. The molecule has 1 saturated heterocycles. The molecule has 1 aliphatic heterocycles. The molecule has 0 amide bonds. The summed E-state index contributed by atoms with van der Waals surface area (Å²) in [7, 11) is 0. The first kappa shape index (κ1) is 16.2. The van der Waals surface area contributed by atoms with Crippen molar-refractivity contribution in [2.45, 2.75) is 26.1 Å². The molecule has 1 aliphatic rings. The molecule has 0 unspecified atom stereocenters. The highest BCUT2D eigenvalue weighted by molar-refractivity contribution is 7.08. The van der Waals surface area contributed by atoms with E-state index in [4.69, 9.17) is 9.72 Å². The van der Waals surface area contributed by atoms with Gasteiger partial charge in [0.15, 0.2) is 0 Å². The van der Waals surface area contributed by atoms with E-state index in [-0.39, 0.29) is 12.2 Å². The number of nitrogens with zero attached hydrogens (tertiary/aromatic N) is 4. The van der Waals surface area contributed by atoms with E-state index in [1.54, 1.807) is 17.5 Å². The summed E-state index contributed by atoms with van der Waals surface area (Å²) in [5, 5.41) is 4.19. The molecule has 1 fully saturated rings. The highest BCUT2D eigenvalue weighted by Gasteiger charge is 2.25. The van der Waals surface area contributed by atoms with Gasteiger partial charge in [-0.3, -0.25) is 4.98 Å². The standard InChI is InChI=1S/C19H20N4OS/c1-13-10-23(11-14(2)24-13)19-21-9-17(16-5-7-25-12-16)18(22-19)15-4-3-6-20-8-15/h3-9,12-14H,10-11H2,1-2H3/t13-,14-/m0/s1. The number of thiophene rings is 1. The van der Waals surface area contributed by atoms with Gasteiger partial charge in [-0.2, -0.15) is 11.3 Å². The zero-order chi connectivity index (χ0) is 17.2. The first-order valence-corrected chi connectivity index (χ1v) is 9.35. The lowest BCUT2D eigenvalue weighted by atomic mass is 10.0. The summed E-state index contributed by atoms with van der Waals surface area (Å²) in [5.74, 6) is 0.750. The van der Waals surface area contributed by atoms with Crippen molar-refractivity contribution < 1.29 is 4.74 Å². The second kappa shape index (κ2) is 6.90. The summed E-state index contributed by atoms with van der Waals surface area (Å²) in [5.41, 5.74) is 4.09. The molecule has 5 nitrogen and oxygen atoms in total. The molecule has 2 atom stereocenters. The minimum absolute atomic E-state index is 0.172. The van der Waals surface area contributed by atoms with E-state index >= 15 is 0 Å². The summed E-state index contributed by atoms with van der Waals surface area (Å²) in [6.07, 6.45) is 5.90. The summed E-state index contributed by atoms with van der Waals surface area (Å²) in [4.78, 5) is 16.0. The fraction of sp³-hybridized carbons (Fsp3) is 0.316. The molecule has 4 rings (SSSR count). The SMILES string of the molecule is C[C@H]1CN(c2ncc(-c3ccsc3)c(-c3cccnc3)n2)C[C@H](C)O1. The molecule has 0 saturated carbocycles. The van der Waals surface area contributed by atoms with Crippen molar-refractivity contribution >= 4 is 17.3 Å². The van der Waals surface area contributed by atoms with Gasteiger partial charge in [-0.15, -0.1) is 0 Å². The van der Waals surface area contributed by atoms with E-state index in [1.165, 1.54) is 0 Å². The molecule has 3 aromatic rings. The quantitative estimate of drug-likeness (QED) is 0.716. The average molecular weight is 352 g/mol. The molecule has 0 N–H and O–H groups in total. The monoisotopic (exact) mass is 352 g/mol. The minimum atomic E-state index is 0.172. The van der Waals surface area contributed by atoms with Crippen molar-refractivity contribution in [3.05, 3.63) is 47.5 Å². The molecule has 128 valence electrons. The molecule has 6 heteroatoms. The van der Waals surface area contributed by atoms with Crippen LogP contribution in [0.4, 0.5) is 5.95 Å². The second-order valence-corrected chi connectivity index (χ2v) is 7.13. The fourth-order valence-electron chi connectivity index (χ4n) is 3.22. The van der Waals surface area contributed by atoms with Gasteiger partial charge in [-0.25, -0.2) is 9.97 Å². The number of hydrogen-bond donors (Lipinski definition) is 0. The third kappa shape index (κ3) is 3.41. The van der Waals surface area contributed by atoms with Crippen LogP contribution in [0.1, 0.15) is 13.8 Å². The Kier molecular flexibility index (Phi) is 4.46. The van der Waals surface area contributed by atoms with E-state index in [0.29, 0.717) is 0 Å². The first-order valence-electron chi connectivity index (χ1n) is 8.41. The van der Waals surface area contributed by atoms with Crippen molar-refractivity contribution in [3.63, 3.8) is 0 Å². The molecule has 3 aromatic heterocycles. The number of pyridine rings is 1. The van der Waals surface area contributed by atoms with Crippen LogP contribution in [0.2, 0.25) is 0 Å². The van der Waals surface area contributed by atoms with Crippen LogP contribution in [0, 0.1) is 0 Å². The van der Waals surface area contributed by atoms with Crippen LogP contribution in [0.3, 0.4) is 0 Å². The van der Waals surface area contributed by atoms with Crippen LogP contribution in [0.5, 0.6) is 0 Å². The van der Waals surface area contributed by atoms with Gasteiger partial charge in [-0.1, -0.05) is 0 Å². The molecular formula is C19H20N4OS. The Labute approximate surface area is 151 Å². The Morgan fingerprint density at radius 3 is 2.64 bits per heavy atom. The van der Waals surface area contributed by atoms with Crippen LogP contribution in [-0.2, 0) is 4.74 Å². The first-order chi connectivity index (χ1) is 12.2. The molecule has 4 heterocycles.